The molecular weight excluding hydrogens is 266 g/mol. The molecule has 1 aromatic carbocycles. The van der Waals surface area contributed by atoms with Crippen LogP contribution in [0.15, 0.2) is 24.3 Å². The lowest BCUT2D eigenvalue weighted by Crippen LogP contribution is -2.37. The van der Waals surface area contributed by atoms with Crippen molar-refractivity contribution in [3.63, 3.8) is 0 Å². The molecule has 0 radical (unpaired) electrons. The first kappa shape index (κ1) is 15.8. The Labute approximate surface area is 126 Å². The summed E-state index contributed by atoms with van der Waals surface area (Å²) in [5.41, 5.74) is 0.825. The molecule has 2 N–H and O–H groups in total. The number of likely N-dealkylation sites (N-methyl/N-ethyl adjacent to an activating group) is 1. The van der Waals surface area contributed by atoms with Crippen molar-refractivity contribution in [1.29, 1.82) is 0 Å². The molecule has 1 heterocycles. The zero-order chi connectivity index (χ0) is 15.1. The third-order valence-electron chi connectivity index (χ3n) is 3.60. The topological polar surface area (TPSA) is 53.6 Å². The summed E-state index contributed by atoms with van der Waals surface area (Å²) in [6.45, 7) is 3.33. The van der Waals surface area contributed by atoms with E-state index in [1.807, 2.05) is 38.4 Å². The van der Waals surface area contributed by atoms with Gasteiger partial charge >= 0.3 is 0 Å². The number of carbonyl (C=O) groups excluding carboxylic acids is 1. The third-order valence-corrected chi connectivity index (χ3v) is 3.60. The summed E-state index contributed by atoms with van der Waals surface area (Å²) < 4.78 is 5.63. The van der Waals surface area contributed by atoms with E-state index in [0.717, 1.165) is 43.9 Å². The van der Waals surface area contributed by atoms with Gasteiger partial charge < -0.3 is 20.3 Å². The van der Waals surface area contributed by atoms with Crippen molar-refractivity contribution >= 4 is 11.6 Å². The Kier molecular flexibility index (Phi) is 6.02. The van der Waals surface area contributed by atoms with Gasteiger partial charge in [-0.05, 0) is 57.7 Å². The van der Waals surface area contributed by atoms with Gasteiger partial charge in [-0.1, -0.05) is 0 Å². The molecule has 0 unspecified atom stereocenters. The molecule has 0 aliphatic carbocycles. The SMILES string of the molecule is CN(C)CCOc1ccc(NC(=O)[C@H]2CCCNC2)cc1. The van der Waals surface area contributed by atoms with Crippen LogP contribution >= 0.6 is 0 Å². The fraction of sp³-hybridized carbons (Fsp3) is 0.562. The summed E-state index contributed by atoms with van der Waals surface area (Å²) in [6.07, 6.45) is 2.03. The molecule has 1 saturated heterocycles. The molecule has 0 saturated carbocycles. The second-order valence-electron chi connectivity index (χ2n) is 5.71. The van der Waals surface area contributed by atoms with Gasteiger partial charge in [-0.15, -0.1) is 0 Å². The minimum Gasteiger partial charge on any atom is -0.492 e. The molecule has 2 rings (SSSR count). The number of piperidine rings is 1. The van der Waals surface area contributed by atoms with Gasteiger partial charge in [0.1, 0.15) is 12.4 Å². The number of benzene rings is 1. The molecule has 1 aliphatic heterocycles. The van der Waals surface area contributed by atoms with Crippen LogP contribution in [0.3, 0.4) is 0 Å². The van der Waals surface area contributed by atoms with Crippen LogP contribution in [0.1, 0.15) is 12.8 Å². The summed E-state index contributed by atoms with van der Waals surface area (Å²) >= 11 is 0. The highest BCUT2D eigenvalue weighted by Gasteiger charge is 2.20. The van der Waals surface area contributed by atoms with E-state index < -0.39 is 0 Å². The van der Waals surface area contributed by atoms with Crippen LogP contribution in [0.25, 0.3) is 0 Å². The molecule has 1 aromatic rings. The number of nitrogens with one attached hydrogen (secondary N) is 2. The van der Waals surface area contributed by atoms with E-state index in [-0.39, 0.29) is 11.8 Å². The van der Waals surface area contributed by atoms with Gasteiger partial charge in [0.15, 0.2) is 0 Å². The van der Waals surface area contributed by atoms with Crippen molar-refractivity contribution in [2.24, 2.45) is 5.92 Å². The fourth-order valence-electron chi connectivity index (χ4n) is 2.30. The zero-order valence-electron chi connectivity index (χ0n) is 12.9. The van der Waals surface area contributed by atoms with E-state index in [2.05, 4.69) is 15.5 Å². The van der Waals surface area contributed by atoms with Gasteiger partial charge in [-0.2, -0.15) is 0 Å². The van der Waals surface area contributed by atoms with Crippen molar-refractivity contribution in [3.8, 4) is 5.75 Å². The highest BCUT2D eigenvalue weighted by molar-refractivity contribution is 5.92. The highest BCUT2D eigenvalue weighted by Crippen LogP contribution is 2.18. The standard InChI is InChI=1S/C16H25N3O2/c1-19(2)10-11-21-15-7-5-14(6-8-15)18-16(20)13-4-3-9-17-12-13/h5-8,13,17H,3-4,9-12H2,1-2H3,(H,18,20)/t13-/m0/s1. The Morgan fingerprint density at radius 1 is 1.38 bits per heavy atom. The van der Waals surface area contributed by atoms with Crippen molar-refractivity contribution < 1.29 is 9.53 Å². The Bertz CT molecular complexity index is 439. The monoisotopic (exact) mass is 291 g/mol. The van der Waals surface area contributed by atoms with Gasteiger partial charge in [0.25, 0.3) is 0 Å². The first-order chi connectivity index (χ1) is 10.1. The Morgan fingerprint density at radius 3 is 2.76 bits per heavy atom. The van der Waals surface area contributed by atoms with E-state index in [9.17, 15) is 4.79 Å². The summed E-state index contributed by atoms with van der Waals surface area (Å²) in [5, 5.41) is 6.23. The number of anilines is 1. The molecular formula is C16H25N3O2. The van der Waals surface area contributed by atoms with Crippen LogP contribution in [0.5, 0.6) is 5.75 Å². The smallest absolute Gasteiger partial charge is 0.228 e. The molecule has 1 atom stereocenters. The Morgan fingerprint density at radius 2 is 2.14 bits per heavy atom. The second kappa shape index (κ2) is 8.00. The maximum atomic E-state index is 12.1. The fourth-order valence-corrected chi connectivity index (χ4v) is 2.30. The average molecular weight is 291 g/mol. The van der Waals surface area contributed by atoms with Crippen LogP contribution in [0.2, 0.25) is 0 Å². The molecule has 0 aromatic heterocycles. The number of hydrogen-bond acceptors (Lipinski definition) is 4. The van der Waals surface area contributed by atoms with Gasteiger partial charge in [0.2, 0.25) is 5.91 Å². The van der Waals surface area contributed by atoms with Crippen LogP contribution in [-0.4, -0.2) is 51.1 Å². The second-order valence-corrected chi connectivity index (χ2v) is 5.71. The first-order valence-corrected chi connectivity index (χ1v) is 7.54. The molecule has 0 bridgehead atoms. The maximum Gasteiger partial charge on any atom is 0.228 e. The Hall–Kier alpha value is -1.59. The molecule has 21 heavy (non-hydrogen) atoms. The van der Waals surface area contributed by atoms with E-state index >= 15 is 0 Å². The van der Waals surface area contributed by atoms with Crippen LogP contribution in [-0.2, 0) is 4.79 Å². The lowest BCUT2D eigenvalue weighted by atomic mass is 9.99. The van der Waals surface area contributed by atoms with E-state index in [0.29, 0.717) is 6.61 Å². The maximum absolute atomic E-state index is 12.1. The summed E-state index contributed by atoms with van der Waals surface area (Å²) in [7, 11) is 4.03. The van der Waals surface area contributed by atoms with Crippen molar-refractivity contribution in [2.75, 3.05) is 45.7 Å². The molecule has 1 aliphatic rings. The van der Waals surface area contributed by atoms with E-state index in [1.54, 1.807) is 0 Å². The quantitative estimate of drug-likeness (QED) is 0.835. The van der Waals surface area contributed by atoms with Gasteiger partial charge in [-0.25, -0.2) is 0 Å². The van der Waals surface area contributed by atoms with Crippen molar-refractivity contribution in [3.05, 3.63) is 24.3 Å². The van der Waals surface area contributed by atoms with Gasteiger partial charge in [0.05, 0.1) is 5.92 Å². The van der Waals surface area contributed by atoms with E-state index in [4.69, 9.17) is 4.74 Å². The number of hydrogen-bond donors (Lipinski definition) is 2. The van der Waals surface area contributed by atoms with Gasteiger partial charge in [0, 0.05) is 18.8 Å². The molecule has 1 fully saturated rings. The number of ether oxygens (including phenoxy) is 1. The number of rotatable bonds is 6. The largest absolute Gasteiger partial charge is 0.492 e. The van der Waals surface area contributed by atoms with Crippen molar-refractivity contribution in [2.45, 2.75) is 12.8 Å². The number of carbonyl (C=O) groups is 1. The predicted molar refractivity (Wildman–Crippen MR) is 84.7 cm³/mol. The highest BCUT2D eigenvalue weighted by atomic mass is 16.5. The van der Waals surface area contributed by atoms with Crippen LogP contribution in [0.4, 0.5) is 5.69 Å². The minimum absolute atomic E-state index is 0.0785. The van der Waals surface area contributed by atoms with Crippen molar-refractivity contribution in [1.82, 2.24) is 10.2 Å². The van der Waals surface area contributed by atoms with Crippen LogP contribution in [0, 0.1) is 5.92 Å². The minimum atomic E-state index is 0.0785. The lowest BCUT2D eigenvalue weighted by Gasteiger charge is -2.21. The summed E-state index contributed by atoms with van der Waals surface area (Å²) in [5.74, 6) is 1.01. The third kappa shape index (κ3) is 5.36. The lowest BCUT2D eigenvalue weighted by molar-refractivity contribution is -0.120. The summed E-state index contributed by atoms with van der Waals surface area (Å²) in [6, 6.07) is 7.56. The Balaban J connectivity index is 1.80. The predicted octanol–water partition coefficient (Wildman–Crippen LogP) is 1.57. The summed E-state index contributed by atoms with van der Waals surface area (Å²) in [4.78, 5) is 14.2. The normalized spacial score (nSPS) is 18.5. The van der Waals surface area contributed by atoms with Crippen LogP contribution < -0.4 is 15.4 Å². The molecule has 0 spiro atoms. The van der Waals surface area contributed by atoms with Gasteiger partial charge in [-0.3, -0.25) is 4.79 Å². The van der Waals surface area contributed by atoms with E-state index in [1.165, 1.54) is 0 Å². The molecule has 5 heteroatoms. The average Bonchev–Trinajstić information content (AvgIpc) is 2.49. The number of nitrogens with zero attached hydrogens (tertiary/aromatic N) is 1. The molecule has 1 amide bonds. The molecule has 116 valence electrons. The molecule has 5 nitrogen and oxygen atoms in total. The first-order valence-electron chi connectivity index (χ1n) is 7.54. The zero-order valence-corrected chi connectivity index (χ0v) is 12.9. The number of amides is 1.